The van der Waals surface area contributed by atoms with Crippen molar-refractivity contribution in [3.8, 4) is 28.7 Å². The number of ether oxygens (including phenoxy) is 1. The van der Waals surface area contributed by atoms with E-state index in [0.29, 0.717) is 6.61 Å². The molecule has 0 saturated carbocycles. The predicted molar refractivity (Wildman–Crippen MR) is 99.7 cm³/mol. The van der Waals surface area contributed by atoms with E-state index in [2.05, 4.69) is 63.5 Å². The molecule has 4 rings (SSSR count). The Balaban J connectivity index is 1.89. The molecule has 1 aliphatic heterocycles. The van der Waals surface area contributed by atoms with Crippen LogP contribution in [0.15, 0.2) is 22.8 Å². The minimum Gasteiger partial charge on any atom is -0.491 e. The number of hydrogen-bond donors (Lipinski definition) is 0. The lowest BCUT2D eigenvalue weighted by Gasteiger charge is -2.09. The largest absolute Gasteiger partial charge is 0.491 e. The average molecular weight is 402 g/mol. The fourth-order valence-electron chi connectivity index (χ4n) is 3.08. The molecule has 25 heavy (non-hydrogen) atoms. The maximum atomic E-state index is 5.92. The van der Waals surface area contributed by atoms with Gasteiger partial charge in [0, 0.05) is 16.7 Å². The van der Waals surface area contributed by atoms with Gasteiger partial charge in [0.25, 0.3) is 0 Å². The second-order valence-electron chi connectivity index (χ2n) is 6.61. The number of nitrogens with zero attached hydrogens (tertiary/aromatic N) is 5. The molecule has 0 saturated heterocycles. The van der Waals surface area contributed by atoms with Gasteiger partial charge in [-0.15, -0.1) is 0 Å². The van der Waals surface area contributed by atoms with Crippen LogP contribution >= 0.6 is 15.9 Å². The smallest absolute Gasteiger partial charge is 0.178 e. The standard InChI is InChI=1S/C18H20BrN5O/c1-10(2)24-18(20-12(4)22-24)15-9-23-5-6-25-16-7-11(3)14(19)8-13(16)17(23)21-15/h7-10H,5-6H2,1-4H3. The predicted octanol–water partition coefficient (Wildman–Crippen LogP) is 4.16. The van der Waals surface area contributed by atoms with Gasteiger partial charge in [0.15, 0.2) is 5.82 Å². The molecule has 130 valence electrons. The molecule has 0 amide bonds. The van der Waals surface area contributed by atoms with Crippen molar-refractivity contribution >= 4 is 15.9 Å². The molecular formula is C18H20BrN5O. The van der Waals surface area contributed by atoms with Crippen LogP contribution < -0.4 is 4.74 Å². The molecule has 3 aromatic rings. The Morgan fingerprint density at radius 3 is 2.72 bits per heavy atom. The molecule has 0 atom stereocenters. The van der Waals surface area contributed by atoms with Crippen LogP contribution in [0.5, 0.6) is 5.75 Å². The number of benzene rings is 1. The second-order valence-corrected chi connectivity index (χ2v) is 7.46. The van der Waals surface area contributed by atoms with Crippen molar-refractivity contribution in [3.05, 3.63) is 34.2 Å². The summed E-state index contributed by atoms with van der Waals surface area (Å²) in [4.78, 5) is 9.48. The summed E-state index contributed by atoms with van der Waals surface area (Å²) in [5.41, 5.74) is 2.98. The van der Waals surface area contributed by atoms with E-state index in [1.165, 1.54) is 0 Å². The first-order valence-electron chi connectivity index (χ1n) is 8.38. The Hall–Kier alpha value is -2.15. The molecule has 1 aliphatic rings. The van der Waals surface area contributed by atoms with Gasteiger partial charge in [-0.1, -0.05) is 15.9 Å². The second kappa shape index (κ2) is 5.98. The Kier molecular flexibility index (Phi) is 3.91. The Morgan fingerprint density at radius 1 is 1.16 bits per heavy atom. The van der Waals surface area contributed by atoms with E-state index in [4.69, 9.17) is 9.72 Å². The number of imidazole rings is 1. The molecule has 3 heterocycles. The lowest BCUT2D eigenvalue weighted by atomic mass is 10.1. The van der Waals surface area contributed by atoms with Crippen LogP contribution in [0.3, 0.4) is 0 Å². The maximum Gasteiger partial charge on any atom is 0.178 e. The molecule has 2 aromatic heterocycles. The number of aryl methyl sites for hydroxylation is 2. The number of halogens is 1. The molecule has 0 bridgehead atoms. The molecule has 0 N–H and O–H groups in total. The van der Waals surface area contributed by atoms with Crippen LogP contribution in [0.4, 0.5) is 0 Å². The van der Waals surface area contributed by atoms with Crippen LogP contribution in [-0.4, -0.2) is 30.9 Å². The van der Waals surface area contributed by atoms with Crippen molar-refractivity contribution in [2.75, 3.05) is 6.61 Å². The quantitative estimate of drug-likeness (QED) is 0.646. The molecule has 0 fully saturated rings. The Bertz CT molecular complexity index is 957. The van der Waals surface area contributed by atoms with E-state index in [0.717, 1.165) is 51.1 Å². The highest BCUT2D eigenvalue weighted by Gasteiger charge is 2.23. The van der Waals surface area contributed by atoms with Crippen LogP contribution in [0.1, 0.15) is 31.3 Å². The topological polar surface area (TPSA) is 57.8 Å². The summed E-state index contributed by atoms with van der Waals surface area (Å²) >= 11 is 3.62. The maximum absolute atomic E-state index is 5.92. The lowest BCUT2D eigenvalue weighted by molar-refractivity contribution is 0.306. The zero-order chi connectivity index (χ0) is 17.7. The highest BCUT2D eigenvalue weighted by Crippen LogP contribution is 2.37. The van der Waals surface area contributed by atoms with Crippen molar-refractivity contribution < 1.29 is 4.74 Å². The van der Waals surface area contributed by atoms with Crippen molar-refractivity contribution in [1.29, 1.82) is 0 Å². The van der Waals surface area contributed by atoms with E-state index < -0.39 is 0 Å². The van der Waals surface area contributed by atoms with Gasteiger partial charge in [-0.3, -0.25) is 0 Å². The normalized spacial score (nSPS) is 13.4. The van der Waals surface area contributed by atoms with E-state index in [9.17, 15) is 0 Å². The van der Waals surface area contributed by atoms with Gasteiger partial charge in [0.2, 0.25) is 0 Å². The van der Waals surface area contributed by atoms with Gasteiger partial charge in [-0.25, -0.2) is 14.6 Å². The zero-order valence-corrected chi connectivity index (χ0v) is 16.3. The van der Waals surface area contributed by atoms with Gasteiger partial charge < -0.3 is 9.30 Å². The Morgan fingerprint density at radius 2 is 1.96 bits per heavy atom. The molecule has 0 spiro atoms. The van der Waals surface area contributed by atoms with E-state index >= 15 is 0 Å². The molecule has 7 heteroatoms. The fourth-order valence-corrected chi connectivity index (χ4v) is 3.42. The van der Waals surface area contributed by atoms with Crippen LogP contribution in [0.25, 0.3) is 22.9 Å². The van der Waals surface area contributed by atoms with Gasteiger partial charge in [0.05, 0.1) is 12.1 Å². The minimum absolute atomic E-state index is 0.227. The van der Waals surface area contributed by atoms with Crippen molar-refractivity contribution in [3.63, 3.8) is 0 Å². The van der Waals surface area contributed by atoms with Gasteiger partial charge in [0.1, 0.15) is 29.7 Å². The first-order chi connectivity index (χ1) is 11.9. The van der Waals surface area contributed by atoms with E-state index in [1.807, 2.05) is 17.8 Å². The third-order valence-electron chi connectivity index (χ3n) is 4.32. The number of hydrogen-bond acceptors (Lipinski definition) is 4. The average Bonchev–Trinajstić information content (AvgIpc) is 3.10. The summed E-state index contributed by atoms with van der Waals surface area (Å²) in [6, 6.07) is 4.37. The summed E-state index contributed by atoms with van der Waals surface area (Å²) in [5.74, 6) is 3.34. The third kappa shape index (κ3) is 2.76. The summed E-state index contributed by atoms with van der Waals surface area (Å²) in [6.07, 6.45) is 2.05. The van der Waals surface area contributed by atoms with Crippen molar-refractivity contribution in [1.82, 2.24) is 24.3 Å². The van der Waals surface area contributed by atoms with Gasteiger partial charge in [-0.2, -0.15) is 5.10 Å². The summed E-state index contributed by atoms with van der Waals surface area (Å²) in [5, 5.41) is 4.51. The van der Waals surface area contributed by atoms with Crippen LogP contribution in [0, 0.1) is 13.8 Å². The first kappa shape index (κ1) is 16.3. The van der Waals surface area contributed by atoms with E-state index in [-0.39, 0.29) is 6.04 Å². The summed E-state index contributed by atoms with van der Waals surface area (Å²) in [6.45, 7) is 9.54. The zero-order valence-electron chi connectivity index (χ0n) is 14.7. The molecular weight excluding hydrogens is 382 g/mol. The SMILES string of the molecule is Cc1nc(-c2cn3c(n2)-c2cc(Br)c(C)cc2OCC3)n(C(C)C)n1. The van der Waals surface area contributed by atoms with Crippen LogP contribution in [-0.2, 0) is 6.54 Å². The first-order valence-corrected chi connectivity index (χ1v) is 9.17. The van der Waals surface area contributed by atoms with Crippen LogP contribution in [0.2, 0.25) is 0 Å². The third-order valence-corrected chi connectivity index (χ3v) is 5.18. The van der Waals surface area contributed by atoms with Gasteiger partial charge >= 0.3 is 0 Å². The molecule has 0 aliphatic carbocycles. The number of rotatable bonds is 2. The van der Waals surface area contributed by atoms with Crippen molar-refractivity contribution in [2.45, 2.75) is 40.3 Å². The summed E-state index contributed by atoms with van der Waals surface area (Å²) in [7, 11) is 0. The Labute approximate surface area is 155 Å². The molecule has 1 aromatic carbocycles. The van der Waals surface area contributed by atoms with E-state index in [1.54, 1.807) is 0 Å². The summed E-state index contributed by atoms with van der Waals surface area (Å²) < 4.78 is 11.0. The van der Waals surface area contributed by atoms with Crippen molar-refractivity contribution in [2.24, 2.45) is 0 Å². The highest BCUT2D eigenvalue weighted by atomic mass is 79.9. The molecule has 6 nitrogen and oxygen atoms in total. The lowest BCUT2D eigenvalue weighted by Crippen LogP contribution is -2.06. The highest BCUT2D eigenvalue weighted by molar-refractivity contribution is 9.10. The van der Waals surface area contributed by atoms with Gasteiger partial charge in [-0.05, 0) is 45.4 Å². The molecule has 0 radical (unpaired) electrons. The number of fused-ring (bicyclic) bond motifs is 3. The monoisotopic (exact) mass is 401 g/mol. The number of aromatic nitrogens is 5. The fraction of sp³-hybridized carbons (Fsp3) is 0.389. The minimum atomic E-state index is 0.227. The molecule has 0 unspecified atom stereocenters.